The van der Waals surface area contributed by atoms with Gasteiger partial charge in [-0.15, -0.1) is 0 Å². The normalized spacial score (nSPS) is 14.5. The number of benzene rings is 1. The summed E-state index contributed by atoms with van der Waals surface area (Å²) in [5, 5.41) is 4.70. The summed E-state index contributed by atoms with van der Waals surface area (Å²) in [6, 6.07) is 4.76. The summed E-state index contributed by atoms with van der Waals surface area (Å²) in [4.78, 5) is 4.30. The Labute approximate surface area is 175 Å². The number of hydrogen-bond donors (Lipinski definition) is 0. The van der Waals surface area contributed by atoms with Gasteiger partial charge in [-0.2, -0.15) is 9.40 Å². The number of rotatable bonds is 7. The molecule has 0 aliphatic carbocycles. The van der Waals surface area contributed by atoms with E-state index in [1.807, 2.05) is 4.68 Å². The van der Waals surface area contributed by atoms with Crippen LogP contribution in [0, 0.1) is 0 Å². The molecule has 0 spiro atoms. The van der Waals surface area contributed by atoms with Gasteiger partial charge in [-0.3, -0.25) is 4.68 Å². The van der Waals surface area contributed by atoms with Gasteiger partial charge >= 0.3 is 0 Å². The van der Waals surface area contributed by atoms with Gasteiger partial charge in [0.25, 0.3) is 0 Å². The van der Waals surface area contributed by atoms with Crippen molar-refractivity contribution in [2.45, 2.75) is 37.8 Å². The quantitative estimate of drug-likeness (QED) is 0.566. The number of methoxy groups -OCH3 is 2. The van der Waals surface area contributed by atoms with E-state index in [1.165, 1.54) is 37.2 Å². The van der Waals surface area contributed by atoms with E-state index in [1.54, 1.807) is 12.1 Å². The highest BCUT2D eigenvalue weighted by molar-refractivity contribution is 7.89. The number of aromatic nitrogens is 3. The summed E-state index contributed by atoms with van der Waals surface area (Å²) >= 11 is 0. The SMILES string of the molecule is CCCn1nc(-c2cocn2)c2c1CCN(S(=O)(=O)c1cc(OC)ccc1OC)C2. The van der Waals surface area contributed by atoms with E-state index in [9.17, 15) is 8.42 Å². The molecule has 1 aliphatic heterocycles. The lowest BCUT2D eigenvalue weighted by molar-refractivity contribution is 0.369. The molecule has 30 heavy (non-hydrogen) atoms. The van der Waals surface area contributed by atoms with Crippen LogP contribution in [0.25, 0.3) is 11.4 Å². The molecule has 3 aromatic rings. The highest BCUT2D eigenvalue weighted by Crippen LogP contribution is 2.35. The number of oxazole rings is 1. The first-order chi connectivity index (χ1) is 14.5. The Morgan fingerprint density at radius 3 is 2.73 bits per heavy atom. The number of nitrogens with zero attached hydrogens (tertiary/aromatic N) is 4. The van der Waals surface area contributed by atoms with Crippen LogP contribution in [-0.4, -0.2) is 48.3 Å². The van der Waals surface area contributed by atoms with E-state index in [-0.39, 0.29) is 17.2 Å². The molecule has 0 saturated carbocycles. The molecule has 0 radical (unpaired) electrons. The minimum absolute atomic E-state index is 0.0803. The van der Waals surface area contributed by atoms with E-state index < -0.39 is 10.0 Å². The number of sulfonamides is 1. The Morgan fingerprint density at radius 1 is 1.23 bits per heavy atom. The Bertz CT molecular complexity index is 1140. The van der Waals surface area contributed by atoms with Crippen LogP contribution < -0.4 is 9.47 Å². The summed E-state index contributed by atoms with van der Waals surface area (Å²) in [6.07, 6.45) is 4.36. The minimum atomic E-state index is -3.82. The number of fused-ring (bicyclic) bond motifs is 1. The average molecular weight is 433 g/mol. The van der Waals surface area contributed by atoms with Gasteiger partial charge in [-0.05, 0) is 18.6 Å². The zero-order chi connectivity index (χ0) is 21.3. The van der Waals surface area contributed by atoms with Crippen LogP contribution in [0.4, 0.5) is 0 Å². The van der Waals surface area contributed by atoms with Crippen molar-refractivity contribution in [3.05, 3.63) is 42.1 Å². The monoisotopic (exact) mass is 432 g/mol. The van der Waals surface area contributed by atoms with Crippen molar-refractivity contribution in [2.75, 3.05) is 20.8 Å². The number of ether oxygens (including phenoxy) is 2. The molecule has 0 saturated heterocycles. The van der Waals surface area contributed by atoms with E-state index in [4.69, 9.17) is 19.0 Å². The molecule has 0 amide bonds. The van der Waals surface area contributed by atoms with Crippen LogP contribution in [0.5, 0.6) is 11.5 Å². The number of hydrogen-bond acceptors (Lipinski definition) is 7. The molecule has 0 bridgehead atoms. The number of aryl methyl sites for hydroxylation is 1. The third-order valence-electron chi connectivity index (χ3n) is 5.20. The van der Waals surface area contributed by atoms with Crippen molar-refractivity contribution >= 4 is 10.0 Å². The largest absolute Gasteiger partial charge is 0.497 e. The van der Waals surface area contributed by atoms with Crippen molar-refractivity contribution in [1.29, 1.82) is 0 Å². The van der Waals surface area contributed by atoms with Crippen molar-refractivity contribution in [3.63, 3.8) is 0 Å². The lowest BCUT2D eigenvalue weighted by Gasteiger charge is -2.27. The molecular formula is C20H24N4O5S. The standard InChI is InChI=1S/C20H24N4O5S/c1-4-8-24-17-7-9-23(11-15(17)20(22-24)16-12-29-13-21-16)30(25,26)19-10-14(27-2)5-6-18(19)28-3/h5-6,10,12-13H,4,7-9,11H2,1-3H3. The van der Waals surface area contributed by atoms with Crippen molar-refractivity contribution in [1.82, 2.24) is 19.1 Å². The summed E-state index contributed by atoms with van der Waals surface area (Å²) in [5.41, 5.74) is 3.15. The van der Waals surface area contributed by atoms with Gasteiger partial charge in [-0.1, -0.05) is 6.92 Å². The maximum absolute atomic E-state index is 13.5. The van der Waals surface area contributed by atoms with Crippen LogP contribution in [0.3, 0.4) is 0 Å². The van der Waals surface area contributed by atoms with Crippen LogP contribution in [0.2, 0.25) is 0 Å². The highest BCUT2D eigenvalue weighted by Gasteiger charge is 2.35. The maximum atomic E-state index is 13.5. The van der Waals surface area contributed by atoms with Gasteiger partial charge in [0.05, 0.1) is 14.2 Å². The predicted molar refractivity (Wildman–Crippen MR) is 109 cm³/mol. The minimum Gasteiger partial charge on any atom is -0.497 e. The highest BCUT2D eigenvalue weighted by atomic mass is 32.2. The molecule has 0 atom stereocenters. The molecule has 1 aromatic carbocycles. The van der Waals surface area contributed by atoms with Crippen molar-refractivity contribution in [2.24, 2.45) is 0 Å². The summed E-state index contributed by atoms with van der Waals surface area (Å²) < 4.78 is 46.1. The summed E-state index contributed by atoms with van der Waals surface area (Å²) in [5.74, 6) is 0.728. The Hall–Kier alpha value is -2.85. The predicted octanol–water partition coefficient (Wildman–Crippen LogP) is 2.71. The molecular weight excluding hydrogens is 408 g/mol. The molecule has 2 aromatic heterocycles. The fourth-order valence-corrected chi connectivity index (χ4v) is 5.31. The Balaban J connectivity index is 1.76. The van der Waals surface area contributed by atoms with Gasteiger partial charge in [0.15, 0.2) is 6.39 Å². The molecule has 0 fully saturated rings. The third kappa shape index (κ3) is 3.46. The zero-order valence-electron chi connectivity index (χ0n) is 17.2. The van der Waals surface area contributed by atoms with Crippen LogP contribution in [-0.2, 0) is 29.5 Å². The molecule has 0 N–H and O–H groups in total. The first-order valence-corrected chi connectivity index (χ1v) is 11.1. The second kappa shape index (κ2) is 8.11. The van der Waals surface area contributed by atoms with Crippen LogP contribution >= 0.6 is 0 Å². The van der Waals surface area contributed by atoms with Crippen molar-refractivity contribution in [3.8, 4) is 22.9 Å². The fourth-order valence-electron chi connectivity index (χ4n) is 3.73. The van der Waals surface area contributed by atoms with Gasteiger partial charge in [0.2, 0.25) is 10.0 Å². The molecule has 160 valence electrons. The van der Waals surface area contributed by atoms with E-state index in [2.05, 4.69) is 11.9 Å². The van der Waals surface area contributed by atoms with E-state index >= 15 is 0 Å². The Morgan fingerprint density at radius 2 is 2.07 bits per heavy atom. The molecule has 1 aliphatic rings. The van der Waals surface area contributed by atoms with Gasteiger partial charge in [0.1, 0.15) is 34.0 Å². The smallest absolute Gasteiger partial charge is 0.247 e. The van der Waals surface area contributed by atoms with Crippen molar-refractivity contribution < 1.29 is 22.3 Å². The lowest BCUT2D eigenvalue weighted by Crippen LogP contribution is -2.36. The molecule has 9 nitrogen and oxygen atoms in total. The van der Waals surface area contributed by atoms with Crippen LogP contribution in [0.15, 0.2) is 40.2 Å². The molecule has 4 rings (SSSR count). The van der Waals surface area contributed by atoms with Gasteiger partial charge < -0.3 is 13.9 Å². The topological polar surface area (TPSA) is 99.7 Å². The summed E-state index contributed by atoms with van der Waals surface area (Å²) in [7, 11) is -0.873. The second-order valence-corrected chi connectivity index (χ2v) is 8.88. The van der Waals surface area contributed by atoms with Crippen LogP contribution in [0.1, 0.15) is 24.6 Å². The molecule has 3 heterocycles. The van der Waals surface area contributed by atoms with Gasteiger partial charge in [-0.25, -0.2) is 13.4 Å². The second-order valence-electron chi connectivity index (χ2n) is 6.98. The first-order valence-electron chi connectivity index (χ1n) is 9.68. The van der Waals surface area contributed by atoms with Gasteiger partial charge in [0, 0.05) is 43.4 Å². The van der Waals surface area contributed by atoms with E-state index in [0.29, 0.717) is 30.1 Å². The lowest BCUT2D eigenvalue weighted by atomic mass is 10.1. The van der Waals surface area contributed by atoms with E-state index in [0.717, 1.165) is 24.2 Å². The maximum Gasteiger partial charge on any atom is 0.247 e. The zero-order valence-corrected chi connectivity index (χ0v) is 18.0. The average Bonchev–Trinajstić information content (AvgIpc) is 3.41. The first kappa shape index (κ1) is 20.4. The third-order valence-corrected chi connectivity index (χ3v) is 7.06. The Kier molecular flexibility index (Phi) is 5.52. The molecule has 0 unspecified atom stereocenters. The fraction of sp³-hybridized carbons (Fsp3) is 0.400. The summed E-state index contributed by atoms with van der Waals surface area (Å²) in [6.45, 7) is 3.39. The molecule has 10 heteroatoms.